The molecule has 2 heterocycles. The molecule has 2 aromatic heterocycles. The molecule has 0 fully saturated rings. The minimum absolute atomic E-state index is 0.233. The number of carbonyl (C=O) groups excluding carboxylic acids is 3. The second-order valence-corrected chi connectivity index (χ2v) is 8.44. The first-order chi connectivity index (χ1) is 15.2. The monoisotopic (exact) mass is 455 g/mol. The molecule has 0 unspecified atom stereocenters. The topological polar surface area (TPSA) is 99.5 Å². The third kappa shape index (κ3) is 5.05. The maximum Gasteiger partial charge on any atom is 0.341 e. The zero-order valence-corrected chi connectivity index (χ0v) is 19.5. The van der Waals surface area contributed by atoms with Gasteiger partial charge in [0.25, 0.3) is 5.91 Å². The molecule has 0 spiro atoms. The van der Waals surface area contributed by atoms with E-state index in [1.807, 2.05) is 26.8 Å². The first kappa shape index (κ1) is 23.2. The fourth-order valence-corrected chi connectivity index (χ4v) is 4.23. The van der Waals surface area contributed by atoms with Crippen LogP contribution in [0, 0.1) is 27.7 Å². The van der Waals surface area contributed by atoms with Gasteiger partial charge in [0.2, 0.25) is 0 Å². The van der Waals surface area contributed by atoms with E-state index in [-0.39, 0.29) is 6.61 Å². The molecule has 3 aromatic rings. The van der Waals surface area contributed by atoms with Crippen LogP contribution in [0.25, 0.3) is 5.69 Å². The highest BCUT2D eigenvalue weighted by Crippen LogP contribution is 2.33. The largest absolute Gasteiger partial charge is 0.462 e. The van der Waals surface area contributed by atoms with Crippen LogP contribution in [-0.4, -0.2) is 40.8 Å². The molecule has 1 amide bonds. The third-order valence-electron chi connectivity index (χ3n) is 4.81. The van der Waals surface area contributed by atoms with Gasteiger partial charge in [-0.25, -0.2) is 14.3 Å². The summed E-state index contributed by atoms with van der Waals surface area (Å²) in [6.45, 7) is 8.98. The van der Waals surface area contributed by atoms with Crippen molar-refractivity contribution in [3.63, 3.8) is 0 Å². The summed E-state index contributed by atoms with van der Waals surface area (Å²) in [6.07, 6.45) is 0. The zero-order chi connectivity index (χ0) is 23.4. The van der Waals surface area contributed by atoms with Gasteiger partial charge in [0, 0.05) is 10.6 Å². The molecule has 0 saturated carbocycles. The lowest BCUT2D eigenvalue weighted by molar-refractivity contribution is -0.119. The van der Waals surface area contributed by atoms with Gasteiger partial charge in [0.1, 0.15) is 5.00 Å². The maximum atomic E-state index is 12.3. The molecule has 0 bridgehead atoms. The van der Waals surface area contributed by atoms with E-state index in [4.69, 9.17) is 9.47 Å². The predicted octanol–water partition coefficient (Wildman–Crippen LogP) is 4.14. The van der Waals surface area contributed by atoms with Gasteiger partial charge >= 0.3 is 11.9 Å². The number of ether oxygens (including phenoxy) is 2. The van der Waals surface area contributed by atoms with E-state index in [1.165, 1.54) is 11.3 Å². The lowest BCUT2D eigenvalue weighted by Gasteiger charge is -2.09. The first-order valence-electron chi connectivity index (χ1n) is 10.1. The van der Waals surface area contributed by atoms with Gasteiger partial charge < -0.3 is 14.8 Å². The fraction of sp³-hybridized carbons (Fsp3) is 0.304. The quantitative estimate of drug-likeness (QED) is 0.538. The van der Waals surface area contributed by atoms with E-state index < -0.39 is 24.5 Å². The number of nitrogens with zero attached hydrogens (tertiary/aromatic N) is 2. The van der Waals surface area contributed by atoms with Gasteiger partial charge in [0.15, 0.2) is 6.61 Å². The number of aromatic nitrogens is 2. The van der Waals surface area contributed by atoms with Crippen LogP contribution in [0.15, 0.2) is 30.3 Å². The van der Waals surface area contributed by atoms with Gasteiger partial charge in [-0.1, -0.05) is 0 Å². The fourth-order valence-electron chi connectivity index (χ4n) is 3.17. The van der Waals surface area contributed by atoms with Crippen molar-refractivity contribution in [2.45, 2.75) is 34.6 Å². The van der Waals surface area contributed by atoms with Crippen LogP contribution in [0.2, 0.25) is 0 Å². The summed E-state index contributed by atoms with van der Waals surface area (Å²) in [5.41, 5.74) is 4.10. The summed E-state index contributed by atoms with van der Waals surface area (Å²) in [6, 6.07) is 8.73. The molecule has 0 saturated heterocycles. The summed E-state index contributed by atoms with van der Waals surface area (Å²) < 4.78 is 12.0. The van der Waals surface area contributed by atoms with Crippen LogP contribution in [-0.2, 0) is 14.3 Å². The number of carbonyl (C=O) groups is 3. The molecule has 1 N–H and O–H groups in total. The average Bonchev–Trinajstić information content (AvgIpc) is 3.23. The Morgan fingerprint density at radius 3 is 2.31 bits per heavy atom. The average molecular weight is 456 g/mol. The van der Waals surface area contributed by atoms with Crippen molar-refractivity contribution >= 4 is 34.2 Å². The normalized spacial score (nSPS) is 10.7. The zero-order valence-electron chi connectivity index (χ0n) is 18.6. The van der Waals surface area contributed by atoms with Gasteiger partial charge in [-0.2, -0.15) is 5.10 Å². The molecule has 32 heavy (non-hydrogen) atoms. The Labute approximate surface area is 190 Å². The molecule has 0 aliphatic heterocycles. The van der Waals surface area contributed by atoms with Crippen LogP contribution in [0.5, 0.6) is 0 Å². The molecule has 0 atom stereocenters. The first-order valence-corrected chi connectivity index (χ1v) is 10.9. The van der Waals surface area contributed by atoms with Gasteiger partial charge in [0.05, 0.1) is 29.1 Å². The second kappa shape index (κ2) is 9.78. The van der Waals surface area contributed by atoms with E-state index in [0.29, 0.717) is 16.1 Å². The van der Waals surface area contributed by atoms with E-state index in [1.54, 1.807) is 42.8 Å². The number of hydrogen-bond donors (Lipinski definition) is 1. The number of anilines is 1. The lowest BCUT2D eigenvalue weighted by atomic mass is 10.1. The van der Waals surface area contributed by atoms with Crippen molar-refractivity contribution < 1.29 is 23.9 Å². The Hall–Kier alpha value is -3.46. The molecular weight excluding hydrogens is 430 g/mol. The van der Waals surface area contributed by atoms with Crippen molar-refractivity contribution in [2.75, 3.05) is 18.5 Å². The van der Waals surface area contributed by atoms with Crippen LogP contribution in [0.4, 0.5) is 5.00 Å². The Bertz CT molecular complexity index is 1160. The van der Waals surface area contributed by atoms with E-state index in [0.717, 1.165) is 27.5 Å². The number of thiophene rings is 1. The number of amides is 1. The Morgan fingerprint density at radius 1 is 1.03 bits per heavy atom. The van der Waals surface area contributed by atoms with Gasteiger partial charge in [-0.05, 0) is 70.5 Å². The number of hydrogen-bond acceptors (Lipinski definition) is 7. The maximum absolute atomic E-state index is 12.3. The number of aryl methyl sites for hydroxylation is 3. The molecule has 1 aromatic carbocycles. The molecule has 0 radical (unpaired) electrons. The van der Waals surface area contributed by atoms with Crippen LogP contribution < -0.4 is 5.32 Å². The smallest absolute Gasteiger partial charge is 0.341 e. The number of nitrogens with one attached hydrogen (secondary N) is 1. The van der Waals surface area contributed by atoms with Crippen LogP contribution in [0.3, 0.4) is 0 Å². The van der Waals surface area contributed by atoms with Crippen LogP contribution in [0.1, 0.15) is 49.5 Å². The van der Waals surface area contributed by atoms with E-state index >= 15 is 0 Å². The predicted molar refractivity (Wildman–Crippen MR) is 122 cm³/mol. The van der Waals surface area contributed by atoms with Crippen LogP contribution >= 0.6 is 11.3 Å². The Morgan fingerprint density at radius 2 is 1.72 bits per heavy atom. The van der Waals surface area contributed by atoms with Gasteiger partial charge in [-0.15, -0.1) is 11.3 Å². The Balaban J connectivity index is 1.62. The summed E-state index contributed by atoms with van der Waals surface area (Å²) >= 11 is 1.27. The Kier molecular flexibility index (Phi) is 7.09. The molecular formula is C23H25N3O5S. The third-order valence-corrected chi connectivity index (χ3v) is 5.93. The van der Waals surface area contributed by atoms with Crippen molar-refractivity contribution in [1.29, 1.82) is 0 Å². The van der Waals surface area contributed by atoms with Gasteiger partial charge in [-0.3, -0.25) is 4.79 Å². The minimum atomic E-state index is -0.621. The molecule has 0 aliphatic rings. The molecule has 9 heteroatoms. The standard InChI is InChI=1S/C23H25N3O5S/c1-6-30-23(29)20-15(4)16(5)32-21(20)24-19(27)12-31-22(28)17-7-9-18(10-8-17)26-14(3)11-13(2)25-26/h7-11H,6,12H2,1-5H3,(H,24,27). The summed E-state index contributed by atoms with van der Waals surface area (Å²) in [5.74, 6) is -1.65. The van der Waals surface area contributed by atoms with E-state index in [9.17, 15) is 14.4 Å². The summed E-state index contributed by atoms with van der Waals surface area (Å²) in [5, 5.41) is 7.44. The number of esters is 2. The second-order valence-electron chi connectivity index (χ2n) is 7.22. The number of rotatable bonds is 7. The van der Waals surface area contributed by atoms with Crippen molar-refractivity contribution in [3.8, 4) is 5.69 Å². The number of benzene rings is 1. The molecule has 8 nitrogen and oxygen atoms in total. The SMILES string of the molecule is CCOC(=O)c1c(NC(=O)COC(=O)c2ccc(-n3nc(C)cc3C)cc2)sc(C)c1C. The lowest BCUT2D eigenvalue weighted by Crippen LogP contribution is -2.21. The minimum Gasteiger partial charge on any atom is -0.462 e. The van der Waals surface area contributed by atoms with Crippen molar-refractivity contribution in [3.05, 3.63) is 63.3 Å². The molecule has 0 aliphatic carbocycles. The summed E-state index contributed by atoms with van der Waals surface area (Å²) in [7, 11) is 0. The molecule has 3 rings (SSSR count). The highest BCUT2D eigenvalue weighted by Gasteiger charge is 2.22. The van der Waals surface area contributed by atoms with E-state index in [2.05, 4.69) is 10.4 Å². The highest BCUT2D eigenvalue weighted by molar-refractivity contribution is 7.16. The van der Waals surface area contributed by atoms with Crippen molar-refractivity contribution in [1.82, 2.24) is 9.78 Å². The molecule has 168 valence electrons. The van der Waals surface area contributed by atoms with Crippen molar-refractivity contribution in [2.24, 2.45) is 0 Å². The summed E-state index contributed by atoms with van der Waals surface area (Å²) in [4.78, 5) is 37.8. The highest BCUT2D eigenvalue weighted by atomic mass is 32.1.